The molecule has 0 aliphatic heterocycles. The summed E-state index contributed by atoms with van der Waals surface area (Å²) in [5.41, 5.74) is 7.23. The van der Waals surface area contributed by atoms with E-state index in [4.69, 9.17) is 10.8 Å². The third-order valence-electron chi connectivity index (χ3n) is 2.43. The fraction of sp³-hybridized carbons (Fsp3) is 0.273. The molecule has 0 fully saturated rings. The Hall–Kier alpha value is -1.88. The zero-order chi connectivity index (χ0) is 11.7. The second-order valence-electron chi connectivity index (χ2n) is 3.68. The highest BCUT2D eigenvalue weighted by Crippen LogP contribution is 2.15. The zero-order valence-corrected chi connectivity index (χ0v) is 8.97. The molecule has 2 aromatic heterocycles. The lowest BCUT2D eigenvalue weighted by Crippen LogP contribution is -2.06. The topological polar surface area (TPSA) is 80.6 Å². The molecule has 0 saturated carbocycles. The SMILES string of the molecule is Cc1ccc2c(C(=O)O)nc(CCN)n2c1. The van der Waals surface area contributed by atoms with Crippen LogP contribution in [0.4, 0.5) is 0 Å². The van der Waals surface area contributed by atoms with Crippen LogP contribution in [-0.4, -0.2) is 27.0 Å². The van der Waals surface area contributed by atoms with Gasteiger partial charge in [0.05, 0.1) is 5.52 Å². The van der Waals surface area contributed by atoms with Crippen LogP contribution in [0.1, 0.15) is 21.9 Å². The van der Waals surface area contributed by atoms with Crippen LogP contribution in [-0.2, 0) is 6.42 Å². The molecule has 2 heterocycles. The highest BCUT2D eigenvalue weighted by molar-refractivity contribution is 5.93. The molecular formula is C11H13N3O2. The van der Waals surface area contributed by atoms with Crippen LogP contribution in [0.15, 0.2) is 18.3 Å². The Bertz CT molecular complexity index is 545. The van der Waals surface area contributed by atoms with Gasteiger partial charge in [0.25, 0.3) is 0 Å². The molecule has 0 radical (unpaired) electrons. The molecule has 0 atom stereocenters. The minimum atomic E-state index is -1.01. The smallest absolute Gasteiger partial charge is 0.356 e. The summed E-state index contributed by atoms with van der Waals surface area (Å²) in [7, 11) is 0. The molecule has 0 amide bonds. The predicted molar refractivity (Wildman–Crippen MR) is 59.6 cm³/mol. The van der Waals surface area contributed by atoms with E-state index in [9.17, 15) is 4.79 Å². The Kier molecular flexibility index (Phi) is 2.62. The number of imidazole rings is 1. The van der Waals surface area contributed by atoms with Gasteiger partial charge in [-0.3, -0.25) is 0 Å². The molecule has 2 aromatic rings. The predicted octanol–water partition coefficient (Wildman–Crippen LogP) is 0.842. The maximum absolute atomic E-state index is 11.0. The lowest BCUT2D eigenvalue weighted by atomic mass is 10.2. The first-order chi connectivity index (χ1) is 7.63. The summed E-state index contributed by atoms with van der Waals surface area (Å²) >= 11 is 0. The molecule has 0 spiro atoms. The van der Waals surface area contributed by atoms with Crippen molar-refractivity contribution < 1.29 is 9.90 Å². The summed E-state index contributed by atoms with van der Waals surface area (Å²) in [5, 5.41) is 9.03. The van der Waals surface area contributed by atoms with E-state index >= 15 is 0 Å². The number of carboxylic acid groups (broad SMARTS) is 1. The number of carbonyl (C=O) groups is 1. The average Bonchev–Trinajstić information content (AvgIpc) is 2.58. The third-order valence-corrected chi connectivity index (χ3v) is 2.43. The van der Waals surface area contributed by atoms with Gasteiger partial charge in [0, 0.05) is 12.6 Å². The summed E-state index contributed by atoms with van der Waals surface area (Å²) in [5.74, 6) is -0.316. The van der Waals surface area contributed by atoms with E-state index in [-0.39, 0.29) is 5.69 Å². The Morgan fingerprint density at radius 1 is 1.56 bits per heavy atom. The maximum Gasteiger partial charge on any atom is 0.356 e. The number of aromatic carboxylic acids is 1. The minimum absolute atomic E-state index is 0.0865. The number of nitrogens with two attached hydrogens (primary N) is 1. The van der Waals surface area contributed by atoms with Crippen LogP contribution in [0.2, 0.25) is 0 Å². The normalized spacial score (nSPS) is 10.9. The highest BCUT2D eigenvalue weighted by atomic mass is 16.4. The number of aryl methyl sites for hydroxylation is 1. The number of rotatable bonds is 3. The van der Waals surface area contributed by atoms with Gasteiger partial charge in [-0.2, -0.15) is 0 Å². The third kappa shape index (κ3) is 1.65. The number of pyridine rings is 1. The van der Waals surface area contributed by atoms with Crippen molar-refractivity contribution >= 4 is 11.5 Å². The first kappa shape index (κ1) is 10.6. The Balaban J connectivity index is 2.71. The van der Waals surface area contributed by atoms with E-state index in [1.54, 1.807) is 10.5 Å². The van der Waals surface area contributed by atoms with Crippen molar-refractivity contribution in [3.63, 3.8) is 0 Å². The monoisotopic (exact) mass is 219 g/mol. The Morgan fingerprint density at radius 3 is 2.94 bits per heavy atom. The largest absolute Gasteiger partial charge is 0.476 e. The van der Waals surface area contributed by atoms with Crippen LogP contribution >= 0.6 is 0 Å². The van der Waals surface area contributed by atoms with Crippen LogP contribution in [0, 0.1) is 6.92 Å². The zero-order valence-electron chi connectivity index (χ0n) is 8.97. The van der Waals surface area contributed by atoms with E-state index in [1.807, 2.05) is 19.2 Å². The summed E-state index contributed by atoms with van der Waals surface area (Å²) < 4.78 is 1.80. The molecule has 5 heteroatoms. The van der Waals surface area contributed by atoms with E-state index in [0.717, 1.165) is 5.56 Å². The number of aromatic nitrogens is 2. The van der Waals surface area contributed by atoms with Crippen molar-refractivity contribution in [2.45, 2.75) is 13.3 Å². The van der Waals surface area contributed by atoms with Crippen LogP contribution in [0.25, 0.3) is 5.52 Å². The van der Waals surface area contributed by atoms with Crippen molar-refractivity contribution in [2.24, 2.45) is 5.73 Å². The van der Waals surface area contributed by atoms with Crippen molar-refractivity contribution in [2.75, 3.05) is 6.54 Å². The number of hydrogen-bond acceptors (Lipinski definition) is 3. The maximum atomic E-state index is 11.0. The van der Waals surface area contributed by atoms with E-state index in [2.05, 4.69) is 4.98 Å². The number of nitrogens with zero attached hydrogens (tertiary/aromatic N) is 2. The van der Waals surface area contributed by atoms with E-state index in [0.29, 0.717) is 24.3 Å². The molecule has 16 heavy (non-hydrogen) atoms. The second-order valence-corrected chi connectivity index (χ2v) is 3.68. The van der Waals surface area contributed by atoms with E-state index in [1.165, 1.54) is 0 Å². The van der Waals surface area contributed by atoms with Crippen molar-refractivity contribution in [3.8, 4) is 0 Å². The Morgan fingerprint density at radius 2 is 2.31 bits per heavy atom. The van der Waals surface area contributed by atoms with Gasteiger partial charge in [-0.25, -0.2) is 9.78 Å². The van der Waals surface area contributed by atoms with Crippen LogP contribution < -0.4 is 5.73 Å². The fourth-order valence-corrected chi connectivity index (χ4v) is 1.72. The van der Waals surface area contributed by atoms with Crippen molar-refractivity contribution in [1.82, 2.24) is 9.38 Å². The lowest BCUT2D eigenvalue weighted by molar-refractivity contribution is 0.0693. The molecule has 0 unspecified atom stereocenters. The minimum Gasteiger partial charge on any atom is -0.476 e. The van der Waals surface area contributed by atoms with Gasteiger partial charge in [0.15, 0.2) is 5.69 Å². The highest BCUT2D eigenvalue weighted by Gasteiger charge is 2.15. The molecule has 5 nitrogen and oxygen atoms in total. The quantitative estimate of drug-likeness (QED) is 0.801. The number of fused-ring (bicyclic) bond motifs is 1. The summed E-state index contributed by atoms with van der Waals surface area (Å²) in [6.07, 6.45) is 2.44. The number of hydrogen-bond donors (Lipinski definition) is 2. The lowest BCUT2D eigenvalue weighted by Gasteiger charge is -2.00. The first-order valence-electron chi connectivity index (χ1n) is 5.04. The summed E-state index contributed by atoms with van der Waals surface area (Å²) in [6.45, 7) is 2.40. The van der Waals surface area contributed by atoms with Gasteiger partial charge in [0.2, 0.25) is 0 Å². The molecule has 0 bridgehead atoms. The molecule has 3 N–H and O–H groups in total. The summed E-state index contributed by atoms with van der Waals surface area (Å²) in [6, 6.07) is 3.64. The molecule has 0 aliphatic rings. The van der Waals surface area contributed by atoms with Crippen molar-refractivity contribution in [1.29, 1.82) is 0 Å². The Labute approximate surface area is 92.5 Å². The van der Waals surface area contributed by atoms with Gasteiger partial charge < -0.3 is 15.2 Å². The standard InChI is InChI=1S/C11H13N3O2/c1-7-2-3-8-10(11(15)16)13-9(4-5-12)14(8)6-7/h2-3,6H,4-5,12H2,1H3,(H,15,16). The molecule has 0 aliphatic carbocycles. The molecule has 0 saturated heterocycles. The van der Waals surface area contributed by atoms with Gasteiger partial charge in [-0.15, -0.1) is 0 Å². The van der Waals surface area contributed by atoms with Gasteiger partial charge in [0.1, 0.15) is 5.82 Å². The summed E-state index contributed by atoms with van der Waals surface area (Å²) in [4.78, 5) is 15.1. The second kappa shape index (κ2) is 3.94. The molecule has 2 rings (SSSR count). The first-order valence-corrected chi connectivity index (χ1v) is 5.04. The van der Waals surface area contributed by atoms with Crippen LogP contribution in [0.3, 0.4) is 0 Å². The van der Waals surface area contributed by atoms with Gasteiger partial charge in [-0.1, -0.05) is 6.07 Å². The molecular weight excluding hydrogens is 206 g/mol. The average molecular weight is 219 g/mol. The van der Waals surface area contributed by atoms with Gasteiger partial charge >= 0.3 is 5.97 Å². The molecule has 0 aromatic carbocycles. The van der Waals surface area contributed by atoms with Crippen LogP contribution in [0.5, 0.6) is 0 Å². The fourth-order valence-electron chi connectivity index (χ4n) is 1.72. The van der Waals surface area contributed by atoms with Crippen molar-refractivity contribution in [3.05, 3.63) is 35.4 Å². The van der Waals surface area contributed by atoms with E-state index < -0.39 is 5.97 Å². The molecule has 84 valence electrons. The number of carboxylic acids is 1. The van der Waals surface area contributed by atoms with Gasteiger partial charge in [-0.05, 0) is 25.1 Å².